The number of imidazole rings is 1. The van der Waals surface area contributed by atoms with E-state index in [-0.39, 0.29) is 18.6 Å². The van der Waals surface area contributed by atoms with Crippen LogP contribution in [-0.4, -0.2) is 51.1 Å². The Hall–Kier alpha value is -3.09. The van der Waals surface area contributed by atoms with Gasteiger partial charge < -0.3 is 18.9 Å². The highest BCUT2D eigenvalue weighted by Crippen LogP contribution is 2.33. The summed E-state index contributed by atoms with van der Waals surface area (Å²) in [5.41, 5.74) is 1.87. The molecule has 3 aromatic rings. The summed E-state index contributed by atoms with van der Waals surface area (Å²) < 4.78 is 13.9. The summed E-state index contributed by atoms with van der Waals surface area (Å²) in [7, 11) is 0. The van der Waals surface area contributed by atoms with Crippen molar-refractivity contribution in [3.63, 3.8) is 0 Å². The summed E-state index contributed by atoms with van der Waals surface area (Å²) in [4.78, 5) is 24.3. The van der Waals surface area contributed by atoms with Crippen LogP contribution in [0, 0.1) is 0 Å². The molecule has 7 nitrogen and oxygen atoms in total. The van der Waals surface area contributed by atoms with Crippen LogP contribution in [0.1, 0.15) is 44.5 Å². The van der Waals surface area contributed by atoms with E-state index in [1.54, 1.807) is 0 Å². The van der Waals surface area contributed by atoms with E-state index in [2.05, 4.69) is 23.4 Å². The molecule has 1 amide bonds. The van der Waals surface area contributed by atoms with Crippen LogP contribution in [0.25, 0.3) is 11.2 Å². The molecule has 1 fully saturated rings. The topological polar surface area (TPSA) is 69.5 Å². The zero-order valence-corrected chi connectivity index (χ0v) is 17.3. The second kappa shape index (κ2) is 7.63. The van der Waals surface area contributed by atoms with Crippen molar-refractivity contribution in [2.45, 2.75) is 44.8 Å². The third-order valence-corrected chi connectivity index (χ3v) is 5.92. The van der Waals surface area contributed by atoms with Gasteiger partial charge in [0.15, 0.2) is 17.1 Å². The number of piperidine rings is 1. The Balaban J connectivity index is 1.30. The van der Waals surface area contributed by atoms with Crippen LogP contribution < -0.4 is 9.47 Å². The molecule has 0 spiro atoms. The first-order chi connectivity index (χ1) is 14.6. The maximum Gasteiger partial charge on any atom is 0.267 e. The number of fused-ring (bicyclic) bond motifs is 2. The van der Waals surface area contributed by atoms with Gasteiger partial charge in [0.2, 0.25) is 6.10 Å². The third-order valence-electron chi connectivity index (χ3n) is 5.92. The molecule has 1 saturated heterocycles. The Morgan fingerprint density at radius 2 is 1.87 bits per heavy atom. The number of hydrogen-bond acceptors (Lipinski definition) is 5. The summed E-state index contributed by atoms with van der Waals surface area (Å²) in [6.07, 6.45) is 2.98. The number of ether oxygens (including phenoxy) is 2. The third kappa shape index (κ3) is 3.28. The average molecular weight is 406 g/mol. The molecule has 1 aromatic carbocycles. The number of nitrogens with zero attached hydrogens (tertiary/aromatic N) is 4. The molecule has 1 atom stereocenters. The lowest BCUT2D eigenvalue weighted by atomic mass is 10.0. The van der Waals surface area contributed by atoms with E-state index in [1.807, 2.05) is 47.5 Å². The van der Waals surface area contributed by atoms with Gasteiger partial charge in [-0.15, -0.1) is 0 Å². The minimum absolute atomic E-state index is 0.000602. The lowest BCUT2D eigenvalue weighted by Crippen LogP contribution is -2.49. The van der Waals surface area contributed by atoms with Crippen molar-refractivity contribution in [1.29, 1.82) is 0 Å². The number of amides is 1. The second-order valence-electron chi connectivity index (χ2n) is 8.26. The van der Waals surface area contributed by atoms with Gasteiger partial charge in [-0.25, -0.2) is 9.97 Å². The number of carbonyl (C=O) groups excluding carboxylic acids is 1. The molecule has 0 saturated carbocycles. The van der Waals surface area contributed by atoms with Crippen molar-refractivity contribution in [2.75, 3.05) is 19.7 Å². The van der Waals surface area contributed by atoms with Gasteiger partial charge in [-0.2, -0.15) is 0 Å². The fourth-order valence-electron chi connectivity index (χ4n) is 4.40. The summed E-state index contributed by atoms with van der Waals surface area (Å²) in [5, 5.41) is 0. The summed E-state index contributed by atoms with van der Waals surface area (Å²) >= 11 is 0. The van der Waals surface area contributed by atoms with Gasteiger partial charge in [-0.05, 0) is 37.1 Å². The number of hydrogen-bond donors (Lipinski definition) is 0. The Morgan fingerprint density at radius 1 is 1.10 bits per heavy atom. The van der Waals surface area contributed by atoms with Crippen molar-refractivity contribution >= 4 is 17.1 Å². The lowest BCUT2D eigenvalue weighted by Gasteiger charge is -2.36. The van der Waals surface area contributed by atoms with Crippen molar-refractivity contribution in [1.82, 2.24) is 19.4 Å². The Labute approximate surface area is 175 Å². The number of aromatic nitrogens is 3. The van der Waals surface area contributed by atoms with E-state index in [4.69, 9.17) is 14.5 Å². The standard InChI is InChI=1S/C23H26N4O3/c1-15(2)21-25-17-6-5-11-24-22(17)27(21)16-9-12-26(13-10-16)23(28)20-14-29-18-7-3-4-8-19(18)30-20/h3-8,11,15-16,20H,9-10,12-14H2,1-2H3. The molecule has 2 aliphatic heterocycles. The predicted molar refractivity (Wildman–Crippen MR) is 113 cm³/mol. The summed E-state index contributed by atoms with van der Waals surface area (Å²) in [6, 6.07) is 11.7. The molecular formula is C23H26N4O3. The van der Waals surface area contributed by atoms with Crippen LogP contribution in [-0.2, 0) is 4.79 Å². The van der Waals surface area contributed by atoms with E-state index < -0.39 is 6.10 Å². The largest absolute Gasteiger partial charge is 0.485 e. The molecule has 0 N–H and O–H groups in total. The highest BCUT2D eigenvalue weighted by atomic mass is 16.6. The molecule has 2 aliphatic rings. The minimum atomic E-state index is -0.585. The van der Waals surface area contributed by atoms with Crippen molar-refractivity contribution in [3.05, 3.63) is 48.4 Å². The van der Waals surface area contributed by atoms with Crippen molar-refractivity contribution < 1.29 is 14.3 Å². The van der Waals surface area contributed by atoms with Crippen LogP contribution in [0.15, 0.2) is 42.6 Å². The average Bonchev–Trinajstić information content (AvgIpc) is 3.18. The molecule has 1 unspecified atom stereocenters. The molecule has 7 heteroatoms. The quantitative estimate of drug-likeness (QED) is 0.665. The van der Waals surface area contributed by atoms with Crippen LogP contribution in [0.2, 0.25) is 0 Å². The fraction of sp³-hybridized carbons (Fsp3) is 0.435. The first kappa shape index (κ1) is 18.9. The SMILES string of the molecule is CC(C)c1nc2cccnc2n1C1CCN(C(=O)C2COc3ccccc3O2)CC1. The predicted octanol–water partition coefficient (Wildman–Crippen LogP) is 3.56. The fourth-order valence-corrected chi connectivity index (χ4v) is 4.40. The van der Waals surface area contributed by atoms with Crippen molar-refractivity contribution in [3.8, 4) is 11.5 Å². The molecule has 30 heavy (non-hydrogen) atoms. The summed E-state index contributed by atoms with van der Waals surface area (Å²) in [6.45, 7) is 5.96. The normalized spacial score (nSPS) is 19.4. The van der Waals surface area contributed by atoms with E-state index in [9.17, 15) is 4.79 Å². The first-order valence-electron chi connectivity index (χ1n) is 10.6. The van der Waals surface area contributed by atoms with Gasteiger partial charge in [0.05, 0.1) is 0 Å². The van der Waals surface area contributed by atoms with E-state index in [0.717, 1.165) is 29.8 Å². The van der Waals surface area contributed by atoms with Gasteiger partial charge in [-0.1, -0.05) is 26.0 Å². The highest BCUT2D eigenvalue weighted by Gasteiger charge is 2.34. The summed E-state index contributed by atoms with van der Waals surface area (Å²) in [5.74, 6) is 2.71. The molecule has 4 heterocycles. The van der Waals surface area contributed by atoms with Crippen molar-refractivity contribution in [2.24, 2.45) is 0 Å². The highest BCUT2D eigenvalue weighted by molar-refractivity contribution is 5.82. The monoisotopic (exact) mass is 406 g/mol. The maximum absolute atomic E-state index is 13.0. The van der Waals surface area contributed by atoms with E-state index in [1.165, 1.54) is 0 Å². The smallest absolute Gasteiger partial charge is 0.267 e. The number of benzene rings is 1. The van der Waals surface area contributed by atoms with Crippen LogP contribution in [0.4, 0.5) is 0 Å². The maximum atomic E-state index is 13.0. The molecule has 0 radical (unpaired) electrons. The van der Waals surface area contributed by atoms with E-state index in [0.29, 0.717) is 30.5 Å². The Bertz CT molecular complexity index is 1070. The molecule has 5 rings (SSSR count). The molecule has 156 valence electrons. The van der Waals surface area contributed by atoms with Gasteiger partial charge in [0.25, 0.3) is 5.91 Å². The van der Waals surface area contributed by atoms with Gasteiger partial charge in [0, 0.05) is 31.2 Å². The molecular weight excluding hydrogens is 380 g/mol. The number of para-hydroxylation sites is 2. The Morgan fingerprint density at radius 3 is 2.63 bits per heavy atom. The van der Waals surface area contributed by atoms with Crippen LogP contribution in [0.5, 0.6) is 11.5 Å². The van der Waals surface area contributed by atoms with E-state index >= 15 is 0 Å². The second-order valence-corrected chi connectivity index (χ2v) is 8.26. The van der Waals surface area contributed by atoms with Gasteiger partial charge in [0.1, 0.15) is 17.9 Å². The number of rotatable bonds is 3. The van der Waals surface area contributed by atoms with Crippen LogP contribution >= 0.6 is 0 Å². The number of pyridine rings is 1. The first-order valence-corrected chi connectivity index (χ1v) is 10.6. The minimum Gasteiger partial charge on any atom is -0.485 e. The molecule has 0 bridgehead atoms. The zero-order valence-electron chi connectivity index (χ0n) is 17.3. The molecule has 0 aliphatic carbocycles. The van der Waals surface area contributed by atoms with Gasteiger partial charge >= 0.3 is 0 Å². The van der Waals surface area contributed by atoms with Crippen LogP contribution in [0.3, 0.4) is 0 Å². The zero-order chi connectivity index (χ0) is 20.7. The Kier molecular flexibility index (Phi) is 4.81. The number of likely N-dealkylation sites (tertiary alicyclic amines) is 1. The number of carbonyl (C=O) groups is 1. The molecule has 2 aromatic heterocycles. The lowest BCUT2D eigenvalue weighted by molar-refractivity contribution is -0.142. The van der Waals surface area contributed by atoms with Gasteiger partial charge in [-0.3, -0.25) is 4.79 Å².